The van der Waals surface area contributed by atoms with E-state index in [0.29, 0.717) is 6.54 Å². The summed E-state index contributed by atoms with van der Waals surface area (Å²) in [6.45, 7) is 0.545. The molecule has 0 bridgehead atoms. The second-order valence-electron chi connectivity index (χ2n) is 4.47. The van der Waals surface area contributed by atoms with E-state index in [2.05, 4.69) is 21.4 Å². The molecule has 7 heteroatoms. The fraction of sp³-hybridized carbons (Fsp3) is 0.500. The van der Waals surface area contributed by atoms with E-state index in [1.54, 1.807) is 0 Å². The summed E-state index contributed by atoms with van der Waals surface area (Å²) < 4.78 is 0. The lowest BCUT2D eigenvalue weighted by Crippen LogP contribution is -2.16. The Hall–Kier alpha value is -2.18. The molecule has 0 radical (unpaired) electrons. The van der Waals surface area contributed by atoms with Crippen molar-refractivity contribution in [1.29, 1.82) is 0 Å². The highest BCUT2D eigenvalue weighted by atomic mass is 16.6. The van der Waals surface area contributed by atoms with Crippen molar-refractivity contribution < 1.29 is 4.92 Å². The zero-order chi connectivity index (χ0) is 13.7. The third kappa shape index (κ3) is 3.40. The molecule has 1 heterocycles. The van der Waals surface area contributed by atoms with E-state index in [1.807, 2.05) is 0 Å². The van der Waals surface area contributed by atoms with E-state index in [0.717, 1.165) is 25.6 Å². The van der Waals surface area contributed by atoms with Gasteiger partial charge in [-0.05, 0) is 32.1 Å². The van der Waals surface area contributed by atoms with E-state index < -0.39 is 16.2 Å². The molecule has 7 nitrogen and oxygen atoms in total. The van der Waals surface area contributed by atoms with Crippen molar-refractivity contribution in [2.24, 2.45) is 0 Å². The predicted octanol–water partition coefficient (Wildman–Crippen LogP) is 1.98. The van der Waals surface area contributed by atoms with Gasteiger partial charge in [0.05, 0.1) is 11.3 Å². The number of rotatable bonds is 5. The Morgan fingerprint density at radius 1 is 1.47 bits per heavy atom. The Morgan fingerprint density at radius 2 is 2.32 bits per heavy atom. The summed E-state index contributed by atoms with van der Waals surface area (Å²) in [5.74, 6) is 0.0326. The molecule has 0 fully saturated rings. The van der Waals surface area contributed by atoms with Crippen LogP contribution in [0.1, 0.15) is 32.1 Å². The minimum atomic E-state index is -0.737. The number of hydrogen-bond acceptors (Lipinski definition) is 5. The summed E-state index contributed by atoms with van der Waals surface area (Å²) in [4.78, 5) is 27.5. The van der Waals surface area contributed by atoms with Gasteiger partial charge in [0.15, 0.2) is 0 Å². The van der Waals surface area contributed by atoms with Crippen molar-refractivity contribution in [3.8, 4) is 0 Å². The Bertz CT molecular complexity index is 550. The molecule has 1 aliphatic rings. The highest BCUT2D eigenvalue weighted by Gasteiger charge is 2.19. The molecule has 19 heavy (non-hydrogen) atoms. The van der Waals surface area contributed by atoms with Crippen LogP contribution in [0.15, 0.2) is 22.8 Å². The van der Waals surface area contributed by atoms with Crippen LogP contribution in [0, 0.1) is 10.1 Å². The summed E-state index contributed by atoms with van der Waals surface area (Å²) >= 11 is 0. The molecule has 2 N–H and O–H groups in total. The number of H-pyrrole nitrogens is 1. The molecule has 0 saturated carbocycles. The monoisotopic (exact) mass is 264 g/mol. The second-order valence-corrected chi connectivity index (χ2v) is 4.47. The maximum absolute atomic E-state index is 11.4. The van der Waals surface area contributed by atoms with Crippen LogP contribution in [0.2, 0.25) is 0 Å². The van der Waals surface area contributed by atoms with E-state index >= 15 is 0 Å². The first-order chi connectivity index (χ1) is 9.18. The van der Waals surface area contributed by atoms with Crippen LogP contribution < -0.4 is 10.9 Å². The van der Waals surface area contributed by atoms with Crippen LogP contribution in [-0.4, -0.2) is 21.4 Å². The molecular weight excluding hydrogens is 248 g/mol. The third-order valence-electron chi connectivity index (χ3n) is 3.13. The number of hydrogen-bond donors (Lipinski definition) is 2. The van der Waals surface area contributed by atoms with Crippen LogP contribution in [0.25, 0.3) is 0 Å². The molecule has 0 atom stereocenters. The number of allylic oxidation sites excluding steroid dienone is 1. The lowest BCUT2D eigenvalue weighted by molar-refractivity contribution is -0.385. The summed E-state index contributed by atoms with van der Waals surface area (Å²) in [5.41, 5.74) is 0.103. The largest absolute Gasteiger partial charge is 0.375 e. The summed E-state index contributed by atoms with van der Waals surface area (Å²) in [6.07, 6.45) is 8.85. The first kappa shape index (κ1) is 13.3. The Morgan fingerprint density at radius 3 is 3.00 bits per heavy atom. The van der Waals surface area contributed by atoms with Crippen LogP contribution in [0.3, 0.4) is 0 Å². The van der Waals surface area contributed by atoms with Gasteiger partial charge in [0.1, 0.15) is 0 Å². The van der Waals surface area contributed by atoms with Gasteiger partial charge >= 0.3 is 11.2 Å². The van der Waals surface area contributed by atoms with Crippen molar-refractivity contribution in [1.82, 2.24) is 9.97 Å². The second kappa shape index (κ2) is 6.12. The summed E-state index contributed by atoms with van der Waals surface area (Å²) in [7, 11) is 0. The fourth-order valence-corrected chi connectivity index (χ4v) is 2.16. The molecule has 0 aromatic carbocycles. The van der Waals surface area contributed by atoms with Crippen molar-refractivity contribution in [3.05, 3.63) is 38.4 Å². The molecule has 1 aromatic rings. The van der Waals surface area contributed by atoms with Gasteiger partial charge < -0.3 is 10.3 Å². The Labute approximate surface area is 109 Å². The predicted molar refractivity (Wildman–Crippen MR) is 71.2 cm³/mol. The zero-order valence-corrected chi connectivity index (χ0v) is 10.5. The standard InChI is InChI=1S/C12H16N4O3/c17-12-10(16(18)19)11(14-8-15-12)13-7-6-9-4-2-1-3-5-9/h4,8H,1-3,5-7H2,(H2,13,14,15,17). The lowest BCUT2D eigenvalue weighted by atomic mass is 9.97. The molecule has 0 amide bonds. The number of nitrogens with one attached hydrogen (secondary N) is 2. The van der Waals surface area contributed by atoms with E-state index in [1.165, 1.54) is 18.4 Å². The average molecular weight is 264 g/mol. The van der Waals surface area contributed by atoms with Crippen LogP contribution >= 0.6 is 0 Å². The van der Waals surface area contributed by atoms with Gasteiger partial charge in [-0.3, -0.25) is 14.9 Å². The van der Waals surface area contributed by atoms with Crippen molar-refractivity contribution in [2.75, 3.05) is 11.9 Å². The lowest BCUT2D eigenvalue weighted by Gasteiger charge is -2.12. The first-order valence-corrected chi connectivity index (χ1v) is 6.32. The molecular formula is C12H16N4O3. The molecule has 102 valence electrons. The van der Waals surface area contributed by atoms with Gasteiger partial charge in [-0.15, -0.1) is 0 Å². The van der Waals surface area contributed by atoms with Crippen molar-refractivity contribution in [3.63, 3.8) is 0 Å². The quantitative estimate of drug-likeness (QED) is 0.481. The zero-order valence-electron chi connectivity index (χ0n) is 10.5. The van der Waals surface area contributed by atoms with Crippen molar-refractivity contribution in [2.45, 2.75) is 32.1 Å². The van der Waals surface area contributed by atoms with E-state index in [-0.39, 0.29) is 5.82 Å². The molecule has 0 saturated heterocycles. The molecule has 0 aliphatic heterocycles. The highest BCUT2D eigenvalue weighted by Crippen LogP contribution is 2.21. The Kier molecular flexibility index (Phi) is 4.27. The van der Waals surface area contributed by atoms with Crippen molar-refractivity contribution >= 4 is 11.5 Å². The van der Waals surface area contributed by atoms with Gasteiger partial charge in [0.2, 0.25) is 5.82 Å². The summed E-state index contributed by atoms with van der Waals surface area (Å²) in [5, 5.41) is 13.7. The third-order valence-corrected chi connectivity index (χ3v) is 3.13. The molecule has 1 aromatic heterocycles. The maximum atomic E-state index is 11.4. The van der Waals surface area contributed by atoms with Gasteiger partial charge in [0, 0.05) is 6.54 Å². The number of nitro groups is 1. The smallest absolute Gasteiger partial charge is 0.364 e. The Balaban J connectivity index is 1.99. The van der Waals surface area contributed by atoms with Gasteiger partial charge in [-0.2, -0.15) is 0 Å². The highest BCUT2D eigenvalue weighted by molar-refractivity contribution is 5.53. The SMILES string of the molecule is O=c1[nH]cnc(NCCC2=CCCCC2)c1[N+](=O)[O-]. The molecule has 0 spiro atoms. The van der Waals surface area contributed by atoms with Crippen LogP contribution in [0.5, 0.6) is 0 Å². The summed E-state index contributed by atoms with van der Waals surface area (Å²) in [6, 6.07) is 0. The minimum absolute atomic E-state index is 0.0326. The molecule has 0 unspecified atom stereocenters. The van der Waals surface area contributed by atoms with Gasteiger partial charge in [0.25, 0.3) is 0 Å². The van der Waals surface area contributed by atoms with Gasteiger partial charge in [-0.1, -0.05) is 11.6 Å². The molecule has 1 aliphatic carbocycles. The number of aromatic amines is 1. The van der Waals surface area contributed by atoms with E-state index in [9.17, 15) is 14.9 Å². The van der Waals surface area contributed by atoms with Crippen LogP contribution in [0.4, 0.5) is 11.5 Å². The minimum Gasteiger partial charge on any atom is -0.364 e. The number of aromatic nitrogens is 2. The molecule has 2 rings (SSSR count). The topological polar surface area (TPSA) is 101 Å². The van der Waals surface area contributed by atoms with Gasteiger partial charge in [-0.25, -0.2) is 4.98 Å². The average Bonchev–Trinajstić information content (AvgIpc) is 2.39. The van der Waals surface area contributed by atoms with E-state index in [4.69, 9.17) is 0 Å². The first-order valence-electron chi connectivity index (χ1n) is 6.32. The number of anilines is 1. The van der Waals surface area contributed by atoms with Crippen LogP contribution in [-0.2, 0) is 0 Å². The normalized spacial score (nSPS) is 14.8. The maximum Gasteiger partial charge on any atom is 0.375 e. The number of nitrogens with zero attached hydrogens (tertiary/aromatic N) is 2. The fourth-order valence-electron chi connectivity index (χ4n) is 2.16.